The van der Waals surface area contributed by atoms with Gasteiger partial charge in [-0.25, -0.2) is 0 Å². The molecule has 1 aromatic heterocycles. The highest BCUT2D eigenvalue weighted by atomic mass is 79.9. The molecule has 0 atom stereocenters. The summed E-state index contributed by atoms with van der Waals surface area (Å²) >= 11 is 3.34. The van der Waals surface area contributed by atoms with Gasteiger partial charge in [0.05, 0.1) is 12.3 Å². The van der Waals surface area contributed by atoms with Crippen LogP contribution >= 0.6 is 32.9 Å². The Labute approximate surface area is 84.6 Å². The van der Waals surface area contributed by atoms with Crippen molar-refractivity contribution in [1.29, 1.82) is 0 Å². The van der Waals surface area contributed by atoms with Crippen LogP contribution in [0.5, 0.6) is 0 Å². The number of rotatable bonds is 1. The normalized spacial score (nSPS) is 9.00. The number of aliphatic hydroxyl groups excluding tert-OH is 1. The van der Waals surface area contributed by atoms with Gasteiger partial charge in [0.2, 0.25) is 0 Å². The van der Waals surface area contributed by atoms with Crippen LogP contribution in [0, 0.1) is 6.92 Å². The first kappa shape index (κ1) is 11.1. The third-order valence-electron chi connectivity index (χ3n) is 1.26. The number of aryl methyl sites for hydroxylation is 1. The van der Waals surface area contributed by atoms with E-state index in [2.05, 4.69) is 20.9 Å². The molecule has 0 aliphatic heterocycles. The van der Waals surface area contributed by atoms with Crippen molar-refractivity contribution in [3.05, 3.63) is 28.0 Å². The molecular weight excluding hydrogens is 274 g/mol. The Kier molecular flexibility index (Phi) is 4.88. The summed E-state index contributed by atoms with van der Waals surface area (Å²) < 4.78 is 0.992. The lowest BCUT2D eigenvalue weighted by Crippen LogP contribution is -1.89. The zero-order valence-corrected chi connectivity index (χ0v) is 9.34. The number of halogens is 2. The number of pyridine rings is 1. The van der Waals surface area contributed by atoms with Gasteiger partial charge in [-0.2, -0.15) is 0 Å². The highest BCUT2D eigenvalue weighted by molar-refractivity contribution is 9.10. The van der Waals surface area contributed by atoms with Gasteiger partial charge in [-0.05, 0) is 18.6 Å². The molecule has 0 aliphatic rings. The summed E-state index contributed by atoms with van der Waals surface area (Å²) in [5.41, 5.74) is 1.77. The molecule has 0 saturated heterocycles. The Balaban J connectivity index is 0.000001000. The summed E-state index contributed by atoms with van der Waals surface area (Å²) in [6, 6.07) is 1.81. The van der Waals surface area contributed by atoms with Crippen LogP contribution in [-0.4, -0.2) is 10.1 Å². The van der Waals surface area contributed by atoms with E-state index in [4.69, 9.17) is 5.11 Å². The van der Waals surface area contributed by atoms with Crippen LogP contribution < -0.4 is 0 Å². The molecule has 0 radical (unpaired) electrons. The molecule has 62 valence electrons. The number of aromatic nitrogens is 1. The smallest absolute Gasteiger partial charge is 0.0853 e. The first-order chi connectivity index (χ1) is 4.74. The quantitative estimate of drug-likeness (QED) is 0.857. The molecule has 1 rings (SSSR count). The molecule has 0 amide bonds. The standard InChI is InChI=1S/C7H8BrNO.BrH/c1-5-3-9-6(4-10)2-7(5)8;/h2-3,10H,4H2,1H3;1H. The maximum atomic E-state index is 8.67. The van der Waals surface area contributed by atoms with E-state index in [0.29, 0.717) is 5.69 Å². The van der Waals surface area contributed by atoms with E-state index >= 15 is 0 Å². The Hall–Kier alpha value is 0.0700. The lowest BCUT2D eigenvalue weighted by atomic mass is 10.3. The minimum absolute atomic E-state index is 0. The Bertz CT molecular complexity index is 240. The maximum Gasteiger partial charge on any atom is 0.0853 e. The van der Waals surface area contributed by atoms with Crippen molar-refractivity contribution in [2.24, 2.45) is 0 Å². The fraction of sp³-hybridized carbons (Fsp3) is 0.286. The van der Waals surface area contributed by atoms with Gasteiger partial charge >= 0.3 is 0 Å². The average Bonchev–Trinajstić information content (AvgIpc) is 1.95. The van der Waals surface area contributed by atoms with Gasteiger partial charge < -0.3 is 5.11 Å². The van der Waals surface area contributed by atoms with Crippen molar-refractivity contribution in [3.8, 4) is 0 Å². The summed E-state index contributed by atoms with van der Waals surface area (Å²) in [5.74, 6) is 0. The first-order valence-electron chi connectivity index (χ1n) is 2.96. The number of hydrogen-bond acceptors (Lipinski definition) is 2. The molecule has 1 N–H and O–H groups in total. The lowest BCUT2D eigenvalue weighted by Gasteiger charge is -1.98. The predicted octanol–water partition coefficient (Wildman–Crippen LogP) is 2.22. The highest BCUT2D eigenvalue weighted by Gasteiger charge is 1.95. The molecule has 0 aromatic carbocycles. The lowest BCUT2D eigenvalue weighted by molar-refractivity contribution is 0.276. The minimum atomic E-state index is -0.00111. The van der Waals surface area contributed by atoms with E-state index in [1.54, 1.807) is 6.20 Å². The van der Waals surface area contributed by atoms with Crippen molar-refractivity contribution in [3.63, 3.8) is 0 Å². The molecule has 0 bridgehead atoms. The van der Waals surface area contributed by atoms with Crippen molar-refractivity contribution in [2.75, 3.05) is 0 Å². The van der Waals surface area contributed by atoms with Gasteiger partial charge in [-0.1, -0.05) is 15.9 Å². The molecule has 0 aliphatic carbocycles. The fourth-order valence-corrected chi connectivity index (χ4v) is 0.992. The molecule has 0 fully saturated rings. The van der Waals surface area contributed by atoms with E-state index in [0.717, 1.165) is 10.0 Å². The third-order valence-corrected chi connectivity index (χ3v) is 2.11. The van der Waals surface area contributed by atoms with E-state index in [1.165, 1.54) is 0 Å². The van der Waals surface area contributed by atoms with Crippen LogP contribution in [-0.2, 0) is 6.61 Å². The maximum absolute atomic E-state index is 8.67. The van der Waals surface area contributed by atoms with Gasteiger partial charge in [0.15, 0.2) is 0 Å². The fourth-order valence-electron chi connectivity index (χ4n) is 0.625. The SMILES string of the molecule is Br.Cc1cnc(CO)cc1Br. The molecule has 0 unspecified atom stereocenters. The molecule has 0 saturated carbocycles. The van der Waals surface area contributed by atoms with Crippen molar-refractivity contribution in [2.45, 2.75) is 13.5 Å². The van der Waals surface area contributed by atoms with E-state index < -0.39 is 0 Å². The van der Waals surface area contributed by atoms with Crippen LogP contribution in [0.4, 0.5) is 0 Å². The van der Waals surface area contributed by atoms with Crippen LogP contribution in [0.15, 0.2) is 16.7 Å². The summed E-state index contributed by atoms with van der Waals surface area (Å²) in [6.45, 7) is 1.96. The molecule has 4 heteroatoms. The van der Waals surface area contributed by atoms with Gasteiger partial charge in [0.1, 0.15) is 0 Å². The summed E-state index contributed by atoms with van der Waals surface area (Å²) in [6.07, 6.45) is 1.73. The molecular formula is C7H9Br2NO. The second kappa shape index (κ2) is 4.85. The van der Waals surface area contributed by atoms with Crippen LogP contribution in [0.2, 0.25) is 0 Å². The monoisotopic (exact) mass is 281 g/mol. The topological polar surface area (TPSA) is 33.1 Å². The summed E-state index contributed by atoms with van der Waals surface area (Å²) in [5, 5.41) is 8.67. The summed E-state index contributed by atoms with van der Waals surface area (Å²) in [4.78, 5) is 3.98. The van der Waals surface area contributed by atoms with E-state index in [-0.39, 0.29) is 23.6 Å². The van der Waals surface area contributed by atoms with Crippen molar-refractivity contribution < 1.29 is 5.11 Å². The van der Waals surface area contributed by atoms with Gasteiger partial charge in [0.25, 0.3) is 0 Å². The molecule has 0 spiro atoms. The Morgan fingerprint density at radius 1 is 1.64 bits per heavy atom. The molecule has 1 heterocycles. The largest absolute Gasteiger partial charge is 0.390 e. The van der Waals surface area contributed by atoms with Gasteiger partial charge in [0, 0.05) is 10.7 Å². The first-order valence-corrected chi connectivity index (χ1v) is 3.75. The second-order valence-electron chi connectivity index (χ2n) is 2.08. The Morgan fingerprint density at radius 3 is 2.73 bits per heavy atom. The predicted molar refractivity (Wildman–Crippen MR) is 52.9 cm³/mol. The third kappa shape index (κ3) is 2.89. The minimum Gasteiger partial charge on any atom is -0.390 e. The second-order valence-corrected chi connectivity index (χ2v) is 2.94. The number of nitrogens with zero attached hydrogens (tertiary/aromatic N) is 1. The summed E-state index contributed by atoms with van der Waals surface area (Å²) in [7, 11) is 0. The van der Waals surface area contributed by atoms with Crippen LogP contribution in [0.3, 0.4) is 0 Å². The Morgan fingerprint density at radius 2 is 2.27 bits per heavy atom. The van der Waals surface area contributed by atoms with E-state index in [9.17, 15) is 0 Å². The number of aliphatic hydroxyl groups is 1. The molecule has 2 nitrogen and oxygen atoms in total. The van der Waals surface area contributed by atoms with Crippen LogP contribution in [0.1, 0.15) is 11.3 Å². The van der Waals surface area contributed by atoms with Crippen LogP contribution in [0.25, 0.3) is 0 Å². The van der Waals surface area contributed by atoms with Gasteiger partial charge in [-0.15, -0.1) is 17.0 Å². The van der Waals surface area contributed by atoms with Gasteiger partial charge in [-0.3, -0.25) is 4.98 Å². The average molecular weight is 283 g/mol. The van der Waals surface area contributed by atoms with E-state index in [1.807, 2.05) is 13.0 Å². The highest BCUT2D eigenvalue weighted by Crippen LogP contribution is 2.14. The molecule has 1 aromatic rings. The zero-order valence-electron chi connectivity index (χ0n) is 6.04. The zero-order chi connectivity index (χ0) is 7.56. The molecule has 11 heavy (non-hydrogen) atoms. The van der Waals surface area contributed by atoms with Crippen molar-refractivity contribution >= 4 is 32.9 Å². The van der Waals surface area contributed by atoms with Crippen molar-refractivity contribution in [1.82, 2.24) is 4.98 Å². The number of hydrogen-bond donors (Lipinski definition) is 1.